The number of nitrogens with two attached hydrogens (primary N) is 1. The van der Waals surface area contributed by atoms with Gasteiger partial charge in [0.2, 0.25) is 5.91 Å². The van der Waals surface area contributed by atoms with Gasteiger partial charge in [0.25, 0.3) is 0 Å². The number of thioether (sulfide) groups is 1. The topological polar surface area (TPSA) is 92.3 Å². The number of fused-ring (bicyclic) bond motifs is 3. The summed E-state index contributed by atoms with van der Waals surface area (Å²) in [5.74, 6) is 1.64. The number of hydrogen-bond donors (Lipinski definition) is 2. The summed E-state index contributed by atoms with van der Waals surface area (Å²) in [5.41, 5.74) is 6.99. The van der Waals surface area contributed by atoms with E-state index in [0.29, 0.717) is 29.6 Å². The third-order valence-corrected chi connectivity index (χ3v) is 8.35. The second kappa shape index (κ2) is 8.58. The summed E-state index contributed by atoms with van der Waals surface area (Å²) < 4.78 is 0. The Morgan fingerprint density at radius 1 is 1.26 bits per heavy atom. The molecule has 9 heteroatoms. The Morgan fingerprint density at radius 2 is 2.03 bits per heavy atom. The number of aromatic nitrogens is 2. The highest BCUT2D eigenvalue weighted by atomic mass is 35.5. The minimum absolute atomic E-state index is 0.335. The van der Waals surface area contributed by atoms with E-state index in [4.69, 9.17) is 27.3 Å². The minimum atomic E-state index is -0.594. The normalized spacial score (nSPS) is 20.9. The van der Waals surface area contributed by atoms with E-state index < -0.39 is 18.1 Å². The van der Waals surface area contributed by atoms with Crippen molar-refractivity contribution in [3.63, 3.8) is 0 Å². The molecule has 1 amide bonds. The van der Waals surface area contributed by atoms with Gasteiger partial charge in [-0.1, -0.05) is 11.6 Å². The molecule has 5 rings (SSSR count). The number of aliphatic hydroxyl groups is 1. The fourth-order valence-corrected chi connectivity index (χ4v) is 6.60. The maximum Gasteiger partial charge on any atom is 0.240 e. The largest absolute Gasteiger partial charge is 0.391 e. The molecule has 2 aromatic heterocycles. The summed E-state index contributed by atoms with van der Waals surface area (Å²) in [6, 6.07) is 7.15. The summed E-state index contributed by atoms with van der Waals surface area (Å²) in [5, 5.41) is 12.0. The first-order chi connectivity index (χ1) is 15.0. The van der Waals surface area contributed by atoms with Gasteiger partial charge in [0.15, 0.2) is 0 Å². The molecule has 2 aliphatic rings. The van der Waals surface area contributed by atoms with Crippen molar-refractivity contribution in [3.05, 3.63) is 45.6 Å². The third-order valence-electron chi connectivity index (χ3n) is 5.90. The lowest BCUT2D eigenvalue weighted by Crippen LogP contribution is -2.41. The zero-order valence-electron chi connectivity index (χ0n) is 16.9. The molecular weight excluding hydrogens is 452 g/mol. The van der Waals surface area contributed by atoms with Crippen molar-refractivity contribution in [3.8, 4) is 0 Å². The van der Waals surface area contributed by atoms with Crippen LogP contribution in [0.5, 0.6) is 0 Å². The molecule has 31 heavy (non-hydrogen) atoms. The van der Waals surface area contributed by atoms with E-state index in [2.05, 4.69) is 0 Å². The molecule has 3 N–H and O–H groups in total. The Hall–Kier alpha value is -1.87. The number of carbonyl (C=O) groups is 1. The molecule has 1 aliphatic carbocycles. The molecule has 3 aromatic rings. The summed E-state index contributed by atoms with van der Waals surface area (Å²) in [7, 11) is 0. The van der Waals surface area contributed by atoms with Gasteiger partial charge >= 0.3 is 0 Å². The van der Waals surface area contributed by atoms with E-state index >= 15 is 0 Å². The molecule has 1 aromatic carbocycles. The van der Waals surface area contributed by atoms with Crippen molar-refractivity contribution in [1.82, 2.24) is 9.97 Å². The minimum Gasteiger partial charge on any atom is -0.391 e. The zero-order valence-corrected chi connectivity index (χ0v) is 19.3. The van der Waals surface area contributed by atoms with Crippen molar-refractivity contribution in [2.45, 2.75) is 54.9 Å². The number of aliphatic hydroxyl groups excluding tert-OH is 1. The zero-order chi connectivity index (χ0) is 21.5. The number of thiophene rings is 1. The van der Waals surface area contributed by atoms with Gasteiger partial charge in [-0.15, -0.1) is 23.1 Å². The molecule has 1 saturated heterocycles. The smallest absolute Gasteiger partial charge is 0.240 e. The van der Waals surface area contributed by atoms with E-state index in [-0.39, 0.29) is 0 Å². The maximum atomic E-state index is 12.1. The Bertz CT molecular complexity index is 1130. The lowest BCUT2D eigenvalue weighted by Gasteiger charge is -2.25. The summed E-state index contributed by atoms with van der Waals surface area (Å²) in [4.78, 5) is 27.3. The second-order valence-corrected chi connectivity index (χ2v) is 10.6. The number of rotatable bonds is 5. The van der Waals surface area contributed by atoms with Crippen LogP contribution in [-0.4, -0.2) is 39.7 Å². The quantitative estimate of drug-likeness (QED) is 0.544. The SMILES string of the molecule is NC(=O)C1CC(O)CN1c1nc(CSc2ccc(Cl)cc2)nc2sc3c(c12)CCCC3. The molecule has 0 saturated carbocycles. The van der Waals surface area contributed by atoms with E-state index in [1.54, 1.807) is 23.1 Å². The fraction of sp³-hybridized carbons (Fsp3) is 0.409. The average Bonchev–Trinajstić information content (AvgIpc) is 3.33. The van der Waals surface area contributed by atoms with Crippen LogP contribution in [0.25, 0.3) is 10.2 Å². The van der Waals surface area contributed by atoms with Gasteiger partial charge in [-0.3, -0.25) is 4.79 Å². The average molecular weight is 475 g/mol. The van der Waals surface area contributed by atoms with E-state index in [1.807, 2.05) is 29.2 Å². The van der Waals surface area contributed by atoms with Gasteiger partial charge in [-0.2, -0.15) is 0 Å². The second-order valence-electron chi connectivity index (χ2n) is 8.06. The van der Waals surface area contributed by atoms with Crippen LogP contribution in [0, 0.1) is 0 Å². The Morgan fingerprint density at radius 3 is 2.81 bits per heavy atom. The number of hydrogen-bond acceptors (Lipinski definition) is 7. The molecule has 3 heterocycles. The van der Waals surface area contributed by atoms with Crippen molar-refractivity contribution < 1.29 is 9.90 Å². The first kappa shape index (κ1) is 21.0. The van der Waals surface area contributed by atoms with E-state index in [0.717, 1.165) is 40.2 Å². The molecule has 6 nitrogen and oxygen atoms in total. The molecule has 1 fully saturated rings. The number of amides is 1. The summed E-state index contributed by atoms with van der Waals surface area (Å²) in [6.45, 7) is 0.355. The number of anilines is 1. The first-order valence-corrected chi connectivity index (χ1v) is 12.6. The number of primary amides is 1. The van der Waals surface area contributed by atoms with Crippen LogP contribution >= 0.6 is 34.7 Å². The van der Waals surface area contributed by atoms with Crippen molar-refractivity contribution in [2.75, 3.05) is 11.4 Å². The monoisotopic (exact) mass is 474 g/mol. The van der Waals surface area contributed by atoms with Gasteiger partial charge in [-0.05, 0) is 55.5 Å². The molecule has 0 bridgehead atoms. The van der Waals surface area contributed by atoms with Crippen LogP contribution in [0.4, 0.5) is 5.82 Å². The van der Waals surface area contributed by atoms with Crippen molar-refractivity contribution in [1.29, 1.82) is 0 Å². The number of halogens is 1. The lowest BCUT2D eigenvalue weighted by molar-refractivity contribution is -0.119. The van der Waals surface area contributed by atoms with Gasteiger partial charge in [-0.25, -0.2) is 9.97 Å². The molecule has 0 radical (unpaired) electrons. The number of β-amino-alcohol motifs (C(OH)–C–C–N with tert-alkyl or cyclic N) is 1. The predicted molar refractivity (Wildman–Crippen MR) is 126 cm³/mol. The molecule has 0 spiro atoms. The maximum absolute atomic E-state index is 12.1. The lowest BCUT2D eigenvalue weighted by atomic mass is 9.97. The molecule has 1 aliphatic heterocycles. The van der Waals surface area contributed by atoms with Crippen molar-refractivity contribution >= 4 is 56.6 Å². The highest BCUT2D eigenvalue weighted by molar-refractivity contribution is 7.98. The van der Waals surface area contributed by atoms with Gasteiger partial charge in [0.05, 0.1) is 17.2 Å². The van der Waals surface area contributed by atoms with Crippen LogP contribution in [-0.2, 0) is 23.4 Å². The van der Waals surface area contributed by atoms with Gasteiger partial charge < -0.3 is 15.7 Å². The number of nitrogens with zero attached hydrogens (tertiary/aromatic N) is 3. The standard InChI is InChI=1S/C22H23ClN4O2S2/c23-12-5-7-14(8-6-12)30-11-18-25-21(27-10-13(28)9-16(27)20(24)29)19-15-3-1-2-4-17(15)31-22(19)26-18/h5-8,13,16,28H,1-4,9-11H2,(H2,24,29). The molecule has 2 unspecified atom stereocenters. The van der Waals surface area contributed by atoms with Crippen LogP contribution < -0.4 is 10.6 Å². The molecule has 162 valence electrons. The Kier molecular flexibility index (Phi) is 5.81. The van der Waals surface area contributed by atoms with E-state index in [1.165, 1.54) is 16.9 Å². The molecule has 2 atom stereocenters. The third kappa shape index (κ3) is 4.14. The predicted octanol–water partition coefficient (Wildman–Crippen LogP) is 3.94. The summed E-state index contributed by atoms with van der Waals surface area (Å²) in [6.07, 6.45) is 4.14. The molecular formula is C22H23ClN4O2S2. The van der Waals surface area contributed by atoms with Crippen molar-refractivity contribution in [2.24, 2.45) is 5.73 Å². The van der Waals surface area contributed by atoms with Gasteiger partial charge in [0, 0.05) is 27.8 Å². The number of benzene rings is 1. The van der Waals surface area contributed by atoms with Crippen LogP contribution in [0.1, 0.15) is 35.5 Å². The highest BCUT2D eigenvalue weighted by Gasteiger charge is 2.37. The Labute approximate surface area is 193 Å². The summed E-state index contributed by atoms with van der Waals surface area (Å²) >= 11 is 9.38. The Balaban J connectivity index is 1.56. The first-order valence-electron chi connectivity index (χ1n) is 10.4. The van der Waals surface area contributed by atoms with Crippen LogP contribution in [0.3, 0.4) is 0 Å². The van der Waals surface area contributed by atoms with Crippen LogP contribution in [0.2, 0.25) is 5.02 Å². The number of carbonyl (C=O) groups excluding carboxylic acids is 1. The highest BCUT2D eigenvalue weighted by Crippen LogP contribution is 2.41. The van der Waals surface area contributed by atoms with E-state index in [9.17, 15) is 9.90 Å². The van der Waals surface area contributed by atoms with Crippen LogP contribution in [0.15, 0.2) is 29.2 Å². The van der Waals surface area contributed by atoms with Gasteiger partial charge in [0.1, 0.15) is 22.5 Å². The fourth-order valence-electron chi connectivity index (χ4n) is 4.45. The number of aryl methyl sites for hydroxylation is 2.